The fourth-order valence-corrected chi connectivity index (χ4v) is 4.51. The number of aryl methyl sites for hydroxylation is 1. The molecule has 2 aliphatic rings. The Kier molecular flexibility index (Phi) is 5.14. The number of aliphatic imine (C=N–C) groups is 1. The van der Waals surface area contributed by atoms with Crippen molar-refractivity contribution in [2.24, 2.45) is 10.4 Å². The van der Waals surface area contributed by atoms with E-state index in [4.69, 9.17) is 4.99 Å². The molecule has 6 nitrogen and oxygen atoms in total. The summed E-state index contributed by atoms with van der Waals surface area (Å²) in [5, 5.41) is 3.49. The van der Waals surface area contributed by atoms with Crippen LogP contribution in [0.3, 0.4) is 0 Å². The summed E-state index contributed by atoms with van der Waals surface area (Å²) in [5.41, 5.74) is 1.68. The van der Waals surface area contributed by atoms with Gasteiger partial charge in [-0.3, -0.25) is 4.57 Å². The summed E-state index contributed by atoms with van der Waals surface area (Å²) >= 11 is 0. The minimum absolute atomic E-state index is 0.558. The summed E-state index contributed by atoms with van der Waals surface area (Å²) in [7, 11) is 0. The van der Waals surface area contributed by atoms with Crippen LogP contribution in [-0.2, 0) is 6.54 Å². The quantitative estimate of drug-likeness (QED) is 0.666. The molecule has 27 heavy (non-hydrogen) atoms. The average Bonchev–Trinajstić information content (AvgIpc) is 3.42. The van der Waals surface area contributed by atoms with Crippen molar-refractivity contribution in [1.82, 2.24) is 24.8 Å². The highest BCUT2D eigenvalue weighted by atomic mass is 15.3. The summed E-state index contributed by atoms with van der Waals surface area (Å²) in [6.45, 7) is 7.97. The van der Waals surface area contributed by atoms with E-state index in [0.29, 0.717) is 12.0 Å². The summed E-state index contributed by atoms with van der Waals surface area (Å²) in [6, 6.07) is 4.15. The Morgan fingerprint density at radius 1 is 1.22 bits per heavy atom. The number of imidazole rings is 1. The van der Waals surface area contributed by atoms with Crippen LogP contribution in [0.2, 0.25) is 0 Å². The number of nitrogens with one attached hydrogen (secondary N) is 1. The van der Waals surface area contributed by atoms with Gasteiger partial charge in [-0.25, -0.2) is 15.0 Å². The molecule has 0 radical (unpaired) electrons. The molecule has 2 aromatic rings. The van der Waals surface area contributed by atoms with E-state index in [1.165, 1.54) is 32.1 Å². The van der Waals surface area contributed by atoms with Crippen LogP contribution in [0.15, 0.2) is 35.7 Å². The molecule has 0 amide bonds. The maximum absolute atomic E-state index is 4.90. The third-order valence-corrected chi connectivity index (χ3v) is 6.03. The second-order valence-corrected chi connectivity index (χ2v) is 7.92. The van der Waals surface area contributed by atoms with Crippen LogP contribution in [0, 0.1) is 12.3 Å². The molecule has 0 unspecified atom stereocenters. The molecule has 144 valence electrons. The Morgan fingerprint density at radius 2 is 2.07 bits per heavy atom. The highest BCUT2D eigenvalue weighted by Crippen LogP contribution is 2.45. The number of aromatic nitrogens is 3. The van der Waals surface area contributed by atoms with Gasteiger partial charge in [0.05, 0.1) is 6.54 Å². The Bertz CT molecular complexity index is 785. The third kappa shape index (κ3) is 3.84. The normalized spacial score (nSPS) is 19.2. The third-order valence-electron chi connectivity index (χ3n) is 6.03. The zero-order valence-electron chi connectivity index (χ0n) is 16.5. The van der Waals surface area contributed by atoms with Gasteiger partial charge in [-0.2, -0.15) is 0 Å². The van der Waals surface area contributed by atoms with Gasteiger partial charge in [-0.15, -0.1) is 0 Å². The molecule has 1 aliphatic heterocycles. The Hall–Kier alpha value is -2.37. The second kappa shape index (κ2) is 7.71. The van der Waals surface area contributed by atoms with Gasteiger partial charge < -0.3 is 10.2 Å². The topological polar surface area (TPSA) is 58.3 Å². The first-order valence-electron chi connectivity index (χ1n) is 10.2. The lowest BCUT2D eigenvalue weighted by molar-refractivity contribution is 0.309. The summed E-state index contributed by atoms with van der Waals surface area (Å²) in [5.74, 6) is 2.89. The van der Waals surface area contributed by atoms with Gasteiger partial charge in [0.1, 0.15) is 11.6 Å². The number of nitrogens with zero attached hydrogens (tertiary/aromatic N) is 5. The molecule has 0 atom stereocenters. The van der Waals surface area contributed by atoms with Crippen molar-refractivity contribution < 1.29 is 0 Å². The zero-order valence-corrected chi connectivity index (χ0v) is 16.5. The largest absolute Gasteiger partial charge is 0.357 e. The molecular weight excluding hydrogens is 336 g/mol. The standard InChI is InChI=1S/C21H30N6/c1-3-22-20(26-12-10-21(16-26)8-4-5-9-21)25-15-18-6-7-19(24-14-18)27-13-11-23-17(27)2/h6-7,11,13-14H,3-5,8-10,12,15-16H2,1-2H3,(H,22,25). The van der Waals surface area contributed by atoms with Crippen molar-refractivity contribution in [2.75, 3.05) is 19.6 Å². The Labute approximate surface area is 161 Å². The highest BCUT2D eigenvalue weighted by molar-refractivity contribution is 5.80. The fraction of sp³-hybridized carbons (Fsp3) is 0.571. The number of likely N-dealkylation sites (tertiary alicyclic amines) is 1. The van der Waals surface area contributed by atoms with Gasteiger partial charge in [0.2, 0.25) is 0 Å². The smallest absolute Gasteiger partial charge is 0.194 e. The SMILES string of the molecule is CCNC(=NCc1ccc(-n2ccnc2C)nc1)N1CCC2(CCCC2)C1. The molecule has 1 saturated heterocycles. The lowest BCUT2D eigenvalue weighted by atomic mass is 9.86. The van der Waals surface area contributed by atoms with Crippen molar-refractivity contribution in [3.63, 3.8) is 0 Å². The van der Waals surface area contributed by atoms with E-state index in [1.54, 1.807) is 6.20 Å². The van der Waals surface area contributed by atoms with Crippen molar-refractivity contribution in [2.45, 2.75) is 52.5 Å². The van der Waals surface area contributed by atoms with Gasteiger partial charge >= 0.3 is 0 Å². The van der Waals surface area contributed by atoms with Gasteiger partial charge in [0.15, 0.2) is 5.96 Å². The molecular formula is C21H30N6. The van der Waals surface area contributed by atoms with E-state index in [9.17, 15) is 0 Å². The molecule has 3 heterocycles. The fourth-order valence-electron chi connectivity index (χ4n) is 4.51. The molecule has 0 bridgehead atoms. The van der Waals surface area contributed by atoms with Crippen molar-refractivity contribution in [3.05, 3.63) is 42.1 Å². The molecule has 1 saturated carbocycles. The number of hydrogen-bond acceptors (Lipinski definition) is 3. The van der Waals surface area contributed by atoms with Crippen LogP contribution in [0.1, 0.15) is 50.4 Å². The van der Waals surface area contributed by atoms with E-state index < -0.39 is 0 Å². The molecule has 0 aromatic carbocycles. The predicted octanol–water partition coefficient (Wildman–Crippen LogP) is 3.31. The first-order chi connectivity index (χ1) is 13.2. The summed E-state index contributed by atoms with van der Waals surface area (Å²) in [6.07, 6.45) is 12.5. The van der Waals surface area contributed by atoms with Gasteiger partial charge in [-0.05, 0) is 50.2 Å². The molecule has 6 heteroatoms. The molecule has 1 aliphatic carbocycles. The zero-order chi connectivity index (χ0) is 18.7. The maximum atomic E-state index is 4.90. The van der Waals surface area contributed by atoms with Crippen molar-refractivity contribution in [3.8, 4) is 5.82 Å². The lowest BCUT2D eigenvalue weighted by Gasteiger charge is -2.26. The maximum Gasteiger partial charge on any atom is 0.194 e. The molecule has 2 fully saturated rings. The summed E-state index contributed by atoms with van der Waals surface area (Å²) < 4.78 is 1.99. The lowest BCUT2D eigenvalue weighted by Crippen LogP contribution is -2.41. The van der Waals surface area contributed by atoms with E-state index in [0.717, 1.165) is 42.8 Å². The Morgan fingerprint density at radius 3 is 2.74 bits per heavy atom. The molecule has 1 spiro atoms. The van der Waals surface area contributed by atoms with E-state index >= 15 is 0 Å². The first-order valence-corrected chi connectivity index (χ1v) is 10.2. The number of hydrogen-bond donors (Lipinski definition) is 1. The van der Waals surface area contributed by atoms with Crippen LogP contribution >= 0.6 is 0 Å². The van der Waals surface area contributed by atoms with Crippen LogP contribution < -0.4 is 5.32 Å². The summed E-state index contributed by atoms with van der Waals surface area (Å²) in [4.78, 5) is 16.2. The highest BCUT2D eigenvalue weighted by Gasteiger charge is 2.41. The van der Waals surface area contributed by atoms with E-state index in [2.05, 4.69) is 33.2 Å². The molecule has 2 aromatic heterocycles. The van der Waals surface area contributed by atoms with Crippen LogP contribution in [0.5, 0.6) is 0 Å². The van der Waals surface area contributed by atoms with Crippen molar-refractivity contribution >= 4 is 5.96 Å². The first kappa shape index (κ1) is 18.0. The van der Waals surface area contributed by atoms with Gasteiger partial charge in [-0.1, -0.05) is 18.9 Å². The monoisotopic (exact) mass is 366 g/mol. The number of rotatable bonds is 4. The van der Waals surface area contributed by atoms with Crippen LogP contribution in [0.4, 0.5) is 0 Å². The minimum atomic E-state index is 0.558. The van der Waals surface area contributed by atoms with Crippen LogP contribution in [0.25, 0.3) is 5.82 Å². The molecule has 4 rings (SSSR count). The van der Waals surface area contributed by atoms with Gasteiger partial charge in [0.25, 0.3) is 0 Å². The van der Waals surface area contributed by atoms with Gasteiger partial charge in [0, 0.05) is 38.2 Å². The second-order valence-electron chi connectivity index (χ2n) is 7.92. The molecule has 1 N–H and O–H groups in total. The van der Waals surface area contributed by atoms with E-state index in [-0.39, 0.29) is 0 Å². The number of guanidine groups is 1. The number of pyridine rings is 1. The predicted molar refractivity (Wildman–Crippen MR) is 108 cm³/mol. The minimum Gasteiger partial charge on any atom is -0.357 e. The van der Waals surface area contributed by atoms with Crippen molar-refractivity contribution in [1.29, 1.82) is 0 Å². The van der Waals surface area contributed by atoms with Crippen LogP contribution in [-0.4, -0.2) is 45.0 Å². The average molecular weight is 367 g/mol. The van der Waals surface area contributed by atoms with E-state index in [1.807, 2.05) is 30.0 Å². The Balaban J connectivity index is 1.44.